The fourth-order valence-electron chi connectivity index (χ4n) is 4.79. The van der Waals surface area contributed by atoms with E-state index in [9.17, 15) is 40.9 Å². The standard InChI is InChI=1S/C25H32O10/c1-11-8-14(25-23(33)21(31)19(29)17(10-27)35-25)6-7-15(11)12-2-4-13(5-3-12)24-22(32)20(30)18(28)16(9-26)34-24/h2-8,16-33H,9-10H2,1H3. The molecule has 0 saturated carbocycles. The second-order valence-corrected chi connectivity index (χ2v) is 9.20. The minimum Gasteiger partial charge on any atom is -0.394 e. The van der Waals surface area contributed by atoms with Gasteiger partial charge in [-0.25, -0.2) is 0 Å². The van der Waals surface area contributed by atoms with E-state index in [2.05, 4.69) is 0 Å². The molecule has 10 unspecified atom stereocenters. The van der Waals surface area contributed by atoms with Gasteiger partial charge in [-0.15, -0.1) is 0 Å². The largest absolute Gasteiger partial charge is 0.394 e. The molecule has 0 radical (unpaired) electrons. The lowest BCUT2D eigenvalue weighted by molar-refractivity contribution is -0.231. The predicted octanol–water partition coefficient (Wildman–Crippen LogP) is -1.31. The lowest BCUT2D eigenvalue weighted by Gasteiger charge is -2.40. The quantitative estimate of drug-likeness (QED) is 0.250. The Morgan fingerprint density at radius 3 is 1.51 bits per heavy atom. The van der Waals surface area contributed by atoms with Crippen molar-refractivity contribution in [2.24, 2.45) is 0 Å². The van der Waals surface area contributed by atoms with E-state index in [1.165, 1.54) is 0 Å². The van der Waals surface area contributed by atoms with Gasteiger partial charge in [-0.1, -0.05) is 42.5 Å². The number of hydrogen-bond donors (Lipinski definition) is 8. The van der Waals surface area contributed by atoms with Crippen LogP contribution in [-0.4, -0.2) is 103 Å². The van der Waals surface area contributed by atoms with Gasteiger partial charge in [0.25, 0.3) is 0 Å². The van der Waals surface area contributed by atoms with E-state index in [0.29, 0.717) is 11.1 Å². The molecule has 192 valence electrons. The Bertz CT molecular complexity index is 994. The molecule has 0 aromatic heterocycles. The number of aryl methyl sites for hydroxylation is 1. The molecule has 35 heavy (non-hydrogen) atoms. The molecule has 10 nitrogen and oxygen atoms in total. The Hall–Kier alpha value is -1.96. The summed E-state index contributed by atoms with van der Waals surface area (Å²) in [5.74, 6) is 0. The third kappa shape index (κ3) is 4.87. The van der Waals surface area contributed by atoms with Crippen LogP contribution >= 0.6 is 0 Å². The zero-order valence-electron chi connectivity index (χ0n) is 19.1. The van der Waals surface area contributed by atoms with Crippen molar-refractivity contribution in [2.75, 3.05) is 13.2 Å². The van der Waals surface area contributed by atoms with Gasteiger partial charge >= 0.3 is 0 Å². The molecular formula is C25H32O10. The van der Waals surface area contributed by atoms with Crippen molar-refractivity contribution in [2.45, 2.75) is 68.0 Å². The smallest absolute Gasteiger partial charge is 0.113 e. The van der Waals surface area contributed by atoms with Crippen LogP contribution in [0.1, 0.15) is 28.9 Å². The minimum atomic E-state index is -1.46. The fraction of sp³-hybridized carbons (Fsp3) is 0.520. The first-order valence-electron chi connectivity index (χ1n) is 11.5. The van der Waals surface area contributed by atoms with E-state index in [-0.39, 0.29) is 0 Å². The first kappa shape index (κ1) is 26.1. The number of aliphatic hydroxyl groups excluding tert-OH is 8. The number of benzene rings is 2. The molecule has 2 aromatic rings. The van der Waals surface area contributed by atoms with Crippen molar-refractivity contribution in [3.8, 4) is 11.1 Å². The van der Waals surface area contributed by atoms with Crippen molar-refractivity contribution < 1.29 is 50.3 Å². The van der Waals surface area contributed by atoms with E-state index in [0.717, 1.165) is 16.7 Å². The number of hydrogen-bond acceptors (Lipinski definition) is 10. The highest BCUT2D eigenvalue weighted by Gasteiger charge is 2.45. The van der Waals surface area contributed by atoms with Crippen LogP contribution in [0.3, 0.4) is 0 Å². The molecule has 0 bridgehead atoms. The highest BCUT2D eigenvalue weighted by Crippen LogP contribution is 2.36. The van der Waals surface area contributed by atoms with Crippen LogP contribution in [-0.2, 0) is 9.47 Å². The SMILES string of the molecule is Cc1cc(C2OC(CO)C(O)C(O)C2O)ccc1-c1ccc(C2OC(CO)C(O)C(O)C2O)cc1. The topological polar surface area (TPSA) is 180 Å². The molecule has 2 aliphatic heterocycles. The van der Waals surface area contributed by atoms with Gasteiger partial charge in [-0.05, 0) is 34.7 Å². The van der Waals surface area contributed by atoms with Crippen molar-refractivity contribution in [1.29, 1.82) is 0 Å². The number of ether oxygens (including phenoxy) is 2. The van der Waals surface area contributed by atoms with E-state index in [1.807, 2.05) is 25.1 Å². The van der Waals surface area contributed by atoms with Gasteiger partial charge < -0.3 is 50.3 Å². The fourth-order valence-corrected chi connectivity index (χ4v) is 4.79. The van der Waals surface area contributed by atoms with E-state index in [1.54, 1.807) is 24.3 Å². The van der Waals surface area contributed by atoms with Crippen LogP contribution in [0, 0.1) is 6.92 Å². The average molecular weight is 493 g/mol. The summed E-state index contributed by atoms with van der Waals surface area (Å²) in [7, 11) is 0. The van der Waals surface area contributed by atoms with Crippen molar-refractivity contribution >= 4 is 0 Å². The Balaban J connectivity index is 1.55. The summed E-state index contributed by atoms with van der Waals surface area (Å²) in [5.41, 5.74) is 3.72. The van der Waals surface area contributed by atoms with Gasteiger partial charge in [0.2, 0.25) is 0 Å². The average Bonchev–Trinajstić information content (AvgIpc) is 2.86. The van der Waals surface area contributed by atoms with Gasteiger partial charge in [0, 0.05) is 0 Å². The Kier molecular flexibility index (Phi) is 7.89. The molecule has 0 spiro atoms. The van der Waals surface area contributed by atoms with Crippen LogP contribution in [0.15, 0.2) is 42.5 Å². The maximum atomic E-state index is 10.4. The van der Waals surface area contributed by atoms with Crippen molar-refractivity contribution in [3.63, 3.8) is 0 Å². The Morgan fingerprint density at radius 1 is 0.600 bits per heavy atom. The zero-order valence-corrected chi connectivity index (χ0v) is 19.1. The maximum Gasteiger partial charge on any atom is 0.113 e. The first-order valence-corrected chi connectivity index (χ1v) is 11.5. The van der Waals surface area contributed by atoms with Gasteiger partial charge in [0.05, 0.1) is 13.2 Å². The molecule has 2 aromatic carbocycles. The molecule has 0 aliphatic carbocycles. The van der Waals surface area contributed by atoms with Gasteiger partial charge in [0.1, 0.15) is 61.0 Å². The molecule has 2 fully saturated rings. The van der Waals surface area contributed by atoms with E-state index in [4.69, 9.17) is 9.47 Å². The van der Waals surface area contributed by atoms with E-state index < -0.39 is 74.3 Å². The third-order valence-electron chi connectivity index (χ3n) is 6.91. The summed E-state index contributed by atoms with van der Waals surface area (Å²) in [6.45, 7) is 0.868. The maximum absolute atomic E-state index is 10.4. The Morgan fingerprint density at radius 2 is 1.06 bits per heavy atom. The molecule has 8 N–H and O–H groups in total. The van der Waals surface area contributed by atoms with Crippen molar-refractivity contribution in [1.82, 2.24) is 0 Å². The number of rotatable bonds is 5. The molecule has 10 heteroatoms. The highest BCUT2D eigenvalue weighted by atomic mass is 16.6. The van der Waals surface area contributed by atoms with Gasteiger partial charge in [-0.2, -0.15) is 0 Å². The van der Waals surface area contributed by atoms with Gasteiger partial charge in [0.15, 0.2) is 0 Å². The molecule has 0 amide bonds. The Labute approximate surface area is 202 Å². The molecular weight excluding hydrogens is 460 g/mol. The van der Waals surface area contributed by atoms with Crippen LogP contribution in [0.4, 0.5) is 0 Å². The third-order valence-corrected chi connectivity index (χ3v) is 6.91. The van der Waals surface area contributed by atoms with Crippen LogP contribution in [0.25, 0.3) is 11.1 Å². The minimum absolute atomic E-state index is 0.500. The summed E-state index contributed by atoms with van der Waals surface area (Å²) >= 11 is 0. The lowest BCUT2D eigenvalue weighted by Crippen LogP contribution is -2.55. The normalized spacial score (nSPS) is 37.9. The second kappa shape index (κ2) is 10.6. The van der Waals surface area contributed by atoms with Crippen LogP contribution in [0.2, 0.25) is 0 Å². The summed E-state index contributed by atoms with van der Waals surface area (Å²) < 4.78 is 11.2. The molecule has 2 heterocycles. The van der Waals surface area contributed by atoms with Crippen molar-refractivity contribution in [3.05, 3.63) is 59.2 Å². The summed E-state index contributed by atoms with van der Waals surface area (Å²) in [5, 5.41) is 79.7. The van der Waals surface area contributed by atoms with Crippen LogP contribution < -0.4 is 0 Å². The second-order valence-electron chi connectivity index (χ2n) is 9.20. The van der Waals surface area contributed by atoms with Crippen LogP contribution in [0.5, 0.6) is 0 Å². The van der Waals surface area contributed by atoms with Gasteiger partial charge in [-0.3, -0.25) is 0 Å². The van der Waals surface area contributed by atoms with E-state index >= 15 is 0 Å². The summed E-state index contributed by atoms with van der Waals surface area (Å²) in [4.78, 5) is 0. The lowest BCUT2D eigenvalue weighted by atomic mass is 9.88. The molecule has 4 rings (SSSR count). The zero-order chi connectivity index (χ0) is 25.4. The first-order chi connectivity index (χ1) is 16.7. The monoisotopic (exact) mass is 492 g/mol. The molecule has 2 aliphatic rings. The number of aliphatic hydroxyl groups is 8. The summed E-state index contributed by atoms with van der Waals surface area (Å²) in [6.07, 6.45) is -12.3. The predicted molar refractivity (Wildman–Crippen MR) is 122 cm³/mol. The summed E-state index contributed by atoms with van der Waals surface area (Å²) in [6, 6.07) is 12.4. The highest BCUT2D eigenvalue weighted by molar-refractivity contribution is 5.68. The molecule has 2 saturated heterocycles. The molecule has 10 atom stereocenters.